The Labute approximate surface area is 50.0 Å². The molecule has 48 valence electrons. The molecular formula is C6H13NO. The Kier molecular flexibility index (Phi) is 1.86. The summed E-state index contributed by atoms with van der Waals surface area (Å²) in [5, 5.41) is 0. The molecule has 1 unspecified atom stereocenters. The van der Waals surface area contributed by atoms with Crippen LogP contribution in [-0.4, -0.2) is 19.3 Å². The van der Waals surface area contributed by atoms with Gasteiger partial charge in [0.05, 0.1) is 13.2 Å². The van der Waals surface area contributed by atoms with Crippen molar-refractivity contribution in [2.24, 2.45) is 11.7 Å². The standard InChI is InChI=1S/C6H13NO/c1-5(7)2-6-3-8-4-6/h5-6H,2-4,7H2,1H3. The molecular weight excluding hydrogens is 102 g/mol. The summed E-state index contributed by atoms with van der Waals surface area (Å²) >= 11 is 0. The van der Waals surface area contributed by atoms with Gasteiger partial charge in [-0.05, 0) is 13.3 Å². The molecule has 1 saturated heterocycles. The average molecular weight is 115 g/mol. The summed E-state index contributed by atoms with van der Waals surface area (Å²) in [4.78, 5) is 0. The Hall–Kier alpha value is -0.0800. The Morgan fingerprint density at radius 1 is 1.75 bits per heavy atom. The Morgan fingerprint density at radius 3 is 2.50 bits per heavy atom. The maximum Gasteiger partial charge on any atom is 0.0517 e. The highest BCUT2D eigenvalue weighted by Gasteiger charge is 2.18. The first-order valence-electron chi connectivity index (χ1n) is 3.12. The van der Waals surface area contributed by atoms with Crippen LogP contribution in [0.4, 0.5) is 0 Å². The lowest BCUT2D eigenvalue weighted by Crippen LogP contribution is -2.32. The molecule has 8 heavy (non-hydrogen) atoms. The van der Waals surface area contributed by atoms with Crippen LogP contribution in [0, 0.1) is 5.92 Å². The van der Waals surface area contributed by atoms with Crippen LogP contribution in [0.2, 0.25) is 0 Å². The summed E-state index contributed by atoms with van der Waals surface area (Å²) in [7, 11) is 0. The van der Waals surface area contributed by atoms with E-state index >= 15 is 0 Å². The molecule has 0 aromatic heterocycles. The second-order valence-electron chi connectivity index (χ2n) is 2.62. The molecule has 1 rings (SSSR count). The molecule has 1 heterocycles. The number of hydrogen-bond donors (Lipinski definition) is 1. The third kappa shape index (κ3) is 1.46. The number of rotatable bonds is 2. The maximum absolute atomic E-state index is 5.55. The zero-order valence-electron chi connectivity index (χ0n) is 5.26. The molecule has 0 amide bonds. The van der Waals surface area contributed by atoms with Crippen LogP contribution in [0.15, 0.2) is 0 Å². The summed E-state index contributed by atoms with van der Waals surface area (Å²) in [5.41, 5.74) is 5.55. The van der Waals surface area contributed by atoms with Crippen LogP contribution in [-0.2, 0) is 4.74 Å². The topological polar surface area (TPSA) is 35.2 Å². The lowest BCUT2D eigenvalue weighted by Gasteiger charge is -2.26. The highest BCUT2D eigenvalue weighted by Crippen LogP contribution is 2.14. The molecule has 2 nitrogen and oxygen atoms in total. The SMILES string of the molecule is CC(N)CC1COC1. The summed E-state index contributed by atoms with van der Waals surface area (Å²) in [5.74, 6) is 0.759. The van der Waals surface area contributed by atoms with Crippen LogP contribution in [0.5, 0.6) is 0 Å². The fourth-order valence-corrected chi connectivity index (χ4v) is 0.946. The lowest BCUT2D eigenvalue weighted by molar-refractivity contribution is -0.0375. The quantitative estimate of drug-likeness (QED) is 0.564. The van der Waals surface area contributed by atoms with Crippen molar-refractivity contribution in [3.8, 4) is 0 Å². The van der Waals surface area contributed by atoms with E-state index in [-0.39, 0.29) is 0 Å². The molecule has 1 fully saturated rings. The fraction of sp³-hybridized carbons (Fsp3) is 1.00. The lowest BCUT2D eigenvalue weighted by atomic mass is 10.0. The van der Waals surface area contributed by atoms with Crippen LogP contribution in [0.25, 0.3) is 0 Å². The minimum absolute atomic E-state index is 0.351. The molecule has 0 aromatic rings. The first-order chi connectivity index (χ1) is 3.79. The van der Waals surface area contributed by atoms with Crippen LogP contribution >= 0.6 is 0 Å². The summed E-state index contributed by atoms with van der Waals surface area (Å²) < 4.78 is 4.98. The van der Waals surface area contributed by atoms with Crippen molar-refractivity contribution in [2.75, 3.05) is 13.2 Å². The molecule has 1 aliphatic rings. The first kappa shape index (κ1) is 6.05. The predicted octanol–water partition coefficient (Wildman–Crippen LogP) is 0.370. The Balaban J connectivity index is 2.01. The van der Waals surface area contributed by atoms with Crippen molar-refractivity contribution in [2.45, 2.75) is 19.4 Å². The van der Waals surface area contributed by atoms with E-state index in [1.165, 1.54) is 0 Å². The average Bonchev–Trinajstić information content (AvgIpc) is 1.55. The second-order valence-corrected chi connectivity index (χ2v) is 2.62. The zero-order valence-corrected chi connectivity index (χ0v) is 5.26. The predicted molar refractivity (Wildman–Crippen MR) is 32.6 cm³/mol. The number of hydrogen-bond acceptors (Lipinski definition) is 2. The molecule has 0 bridgehead atoms. The fourth-order valence-electron chi connectivity index (χ4n) is 0.946. The number of ether oxygens (including phenoxy) is 1. The van der Waals surface area contributed by atoms with Crippen LogP contribution in [0.1, 0.15) is 13.3 Å². The van der Waals surface area contributed by atoms with Gasteiger partial charge >= 0.3 is 0 Å². The van der Waals surface area contributed by atoms with Gasteiger partial charge in [0, 0.05) is 12.0 Å². The van der Waals surface area contributed by atoms with Gasteiger partial charge in [0.2, 0.25) is 0 Å². The molecule has 2 N–H and O–H groups in total. The largest absolute Gasteiger partial charge is 0.381 e. The van der Waals surface area contributed by atoms with Gasteiger partial charge in [0.1, 0.15) is 0 Å². The maximum atomic E-state index is 5.55. The van der Waals surface area contributed by atoms with Gasteiger partial charge in [-0.15, -0.1) is 0 Å². The third-order valence-corrected chi connectivity index (χ3v) is 1.41. The first-order valence-corrected chi connectivity index (χ1v) is 3.12. The van der Waals surface area contributed by atoms with Gasteiger partial charge < -0.3 is 10.5 Å². The van der Waals surface area contributed by atoms with E-state index in [0.29, 0.717) is 6.04 Å². The van der Waals surface area contributed by atoms with Crippen molar-refractivity contribution < 1.29 is 4.74 Å². The van der Waals surface area contributed by atoms with Crippen LogP contribution < -0.4 is 5.73 Å². The van der Waals surface area contributed by atoms with Crippen LogP contribution in [0.3, 0.4) is 0 Å². The van der Waals surface area contributed by atoms with Crippen molar-refractivity contribution in [3.63, 3.8) is 0 Å². The van der Waals surface area contributed by atoms with E-state index in [0.717, 1.165) is 25.6 Å². The van der Waals surface area contributed by atoms with Gasteiger partial charge in [-0.25, -0.2) is 0 Å². The molecule has 0 aliphatic carbocycles. The van der Waals surface area contributed by atoms with E-state index in [1.807, 2.05) is 6.92 Å². The molecule has 1 aliphatic heterocycles. The van der Waals surface area contributed by atoms with E-state index in [9.17, 15) is 0 Å². The van der Waals surface area contributed by atoms with Gasteiger partial charge in [0.25, 0.3) is 0 Å². The summed E-state index contributed by atoms with van der Waals surface area (Å²) in [6.07, 6.45) is 1.12. The summed E-state index contributed by atoms with van der Waals surface area (Å²) in [6, 6.07) is 0.351. The van der Waals surface area contributed by atoms with E-state index < -0.39 is 0 Å². The molecule has 1 atom stereocenters. The Morgan fingerprint density at radius 2 is 2.38 bits per heavy atom. The van der Waals surface area contributed by atoms with Crippen molar-refractivity contribution in [1.82, 2.24) is 0 Å². The number of nitrogens with two attached hydrogens (primary N) is 1. The molecule has 2 heteroatoms. The third-order valence-electron chi connectivity index (χ3n) is 1.41. The Bertz CT molecular complexity index is 68.9. The van der Waals surface area contributed by atoms with E-state index in [1.54, 1.807) is 0 Å². The molecule has 0 spiro atoms. The zero-order chi connectivity index (χ0) is 5.98. The van der Waals surface area contributed by atoms with Gasteiger partial charge in [0.15, 0.2) is 0 Å². The second kappa shape index (κ2) is 2.46. The van der Waals surface area contributed by atoms with Crippen molar-refractivity contribution in [3.05, 3.63) is 0 Å². The molecule has 0 aromatic carbocycles. The normalized spacial score (nSPS) is 24.8. The van der Waals surface area contributed by atoms with Crippen molar-refractivity contribution >= 4 is 0 Å². The highest BCUT2D eigenvalue weighted by atomic mass is 16.5. The monoisotopic (exact) mass is 115 g/mol. The van der Waals surface area contributed by atoms with Gasteiger partial charge in [-0.1, -0.05) is 0 Å². The minimum atomic E-state index is 0.351. The molecule has 0 radical (unpaired) electrons. The van der Waals surface area contributed by atoms with E-state index in [4.69, 9.17) is 10.5 Å². The van der Waals surface area contributed by atoms with Crippen molar-refractivity contribution in [1.29, 1.82) is 0 Å². The molecule has 0 saturated carbocycles. The van der Waals surface area contributed by atoms with Gasteiger partial charge in [-0.3, -0.25) is 0 Å². The van der Waals surface area contributed by atoms with Gasteiger partial charge in [-0.2, -0.15) is 0 Å². The summed E-state index contributed by atoms with van der Waals surface area (Å²) in [6.45, 7) is 3.90. The van der Waals surface area contributed by atoms with E-state index in [2.05, 4.69) is 0 Å². The minimum Gasteiger partial charge on any atom is -0.381 e. The smallest absolute Gasteiger partial charge is 0.0517 e. The highest BCUT2D eigenvalue weighted by molar-refractivity contribution is 4.69.